The van der Waals surface area contributed by atoms with Gasteiger partial charge in [-0.15, -0.1) is 0 Å². The molecule has 3 unspecified atom stereocenters. The van der Waals surface area contributed by atoms with Crippen molar-refractivity contribution in [3.05, 3.63) is 0 Å². The van der Waals surface area contributed by atoms with Crippen LogP contribution in [0.5, 0.6) is 0 Å². The molecule has 1 saturated heterocycles. The van der Waals surface area contributed by atoms with Crippen molar-refractivity contribution in [2.75, 3.05) is 13.6 Å². The number of likely N-dealkylation sites (tertiary alicyclic amines) is 1. The molecular formula is C8H13NO. The Labute approximate surface area is 61.2 Å². The van der Waals surface area contributed by atoms with Gasteiger partial charge in [-0.1, -0.05) is 0 Å². The number of Topliss-reactive ketones (excluding diaryl/α,β-unsaturated/α-hetero) is 1. The first-order valence-corrected chi connectivity index (χ1v) is 3.92. The molecule has 3 atom stereocenters. The van der Waals surface area contributed by atoms with E-state index in [1.165, 1.54) is 13.0 Å². The first kappa shape index (κ1) is 6.35. The zero-order valence-electron chi connectivity index (χ0n) is 6.50. The third kappa shape index (κ3) is 0.655. The molecular weight excluding hydrogens is 126 g/mol. The highest BCUT2D eigenvalue weighted by Crippen LogP contribution is 2.50. The lowest BCUT2D eigenvalue weighted by Crippen LogP contribution is -2.21. The van der Waals surface area contributed by atoms with Gasteiger partial charge in [0.1, 0.15) is 5.78 Å². The van der Waals surface area contributed by atoms with E-state index in [-0.39, 0.29) is 0 Å². The van der Waals surface area contributed by atoms with Gasteiger partial charge in [-0.05, 0) is 32.9 Å². The van der Waals surface area contributed by atoms with Gasteiger partial charge < -0.3 is 4.90 Å². The molecule has 0 aromatic rings. The van der Waals surface area contributed by atoms with Crippen molar-refractivity contribution in [3.8, 4) is 0 Å². The van der Waals surface area contributed by atoms with Crippen LogP contribution in [0.4, 0.5) is 0 Å². The van der Waals surface area contributed by atoms with Crippen LogP contribution in [0.1, 0.15) is 13.3 Å². The Hall–Kier alpha value is -0.370. The summed E-state index contributed by atoms with van der Waals surface area (Å²) in [5, 5.41) is 0. The van der Waals surface area contributed by atoms with E-state index in [9.17, 15) is 4.79 Å². The maximum Gasteiger partial charge on any atom is 0.134 e. The summed E-state index contributed by atoms with van der Waals surface area (Å²) < 4.78 is 0. The monoisotopic (exact) mass is 139 g/mol. The number of hydrogen-bond donors (Lipinski definition) is 0. The predicted molar refractivity (Wildman–Crippen MR) is 38.7 cm³/mol. The minimum Gasteiger partial charge on any atom is -0.302 e. The van der Waals surface area contributed by atoms with Crippen molar-refractivity contribution in [3.63, 3.8) is 0 Å². The summed E-state index contributed by atoms with van der Waals surface area (Å²) in [6, 6.07) is 0.623. The fourth-order valence-corrected chi connectivity index (χ4v) is 2.35. The highest BCUT2D eigenvalue weighted by atomic mass is 16.1. The second-order valence-corrected chi connectivity index (χ2v) is 3.56. The molecule has 2 fully saturated rings. The van der Waals surface area contributed by atoms with Crippen LogP contribution in [0.15, 0.2) is 0 Å². The number of carbonyl (C=O) groups is 1. The van der Waals surface area contributed by atoms with E-state index in [1.807, 2.05) is 0 Å². The van der Waals surface area contributed by atoms with Crippen LogP contribution in [0, 0.1) is 11.8 Å². The molecule has 1 aliphatic heterocycles. The lowest BCUT2D eigenvalue weighted by atomic mass is 10.2. The van der Waals surface area contributed by atoms with Crippen LogP contribution in [-0.4, -0.2) is 30.3 Å². The molecule has 2 rings (SSSR count). The molecule has 2 nitrogen and oxygen atoms in total. The molecule has 0 radical (unpaired) electrons. The highest BCUT2D eigenvalue weighted by molar-refractivity contribution is 5.83. The second-order valence-electron chi connectivity index (χ2n) is 3.56. The molecule has 0 aromatic carbocycles. The quantitative estimate of drug-likeness (QED) is 0.528. The number of nitrogens with zero attached hydrogens (tertiary/aromatic N) is 1. The van der Waals surface area contributed by atoms with E-state index >= 15 is 0 Å². The topological polar surface area (TPSA) is 20.3 Å². The largest absolute Gasteiger partial charge is 0.302 e. The minimum absolute atomic E-state index is 0.390. The van der Waals surface area contributed by atoms with Crippen LogP contribution < -0.4 is 0 Å². The van der Waals surface area contributed by atoms with Crippen molar-refractivity contribution in [1.29, 1.82) is 0 Å². The summed E-state index contributed by atoms with van der Waals surface area (Å²) in [7, 11) is 2.12. The SMILES string of the molecule is CC(=O)C1C2CCN(C)C21. The van der Waals surface area contributed by atoms with E-state index in [1.54, 1.807) is 6.92 Å². The van der Waals surface area contributed by atoms with Crippen molar-refractivity contribution < 1.29 is 4.79 Å². The van der Waals surface area contributed by atoms with Gasteiger partial charge >= 0.3 is 0 Å². The molecule has 0 N–H and O–H groups in total. The van der Waals surface area contributed by atoms with E-state index in [4.69, 9.17) is 0 Å². The molecule has 0 bridgehead atoms. The summed E-state index contributed by atoms with van der Waals surface area (Å²) >= 11 is 0. The Kier molecular flexibility index (Phi) is 1.15. The average molecular weight is 139 g/mol. The first-order valence-electron chi connectivity index (χ1n) is 3.92. The predicted octanol–water partition coefficient (Wildman–Crippen LogP) is 0.526. The van der Waals surface area contributed by atoms with Gasteiger partial charge in [0.05, 0.1) is 0 Å². The van der Waals surface area contributed by atoms with E-state index in [0.29, 0.717) is 17.7 Å². The Morgan fingerprint density at radius 3 is 2.60 bits per heavy atom. The van der Waals surface area contributed by atoms with Gasteiger partial charge in [0.15, 0.2) is 0 Å². The summed E-state index contributed by atoms with van der Waals surface area (Å²) in [6.45, 7) is 2.91. The zero-order chi connectivity index (χ0) is 7.30. The van der Waals surface area contributed by atoms with E-state index in [2.05, 4.69) is 11.9 Å². The standard InChI is InChI=1S/C8H13NO/c1-5(10)7-6-3-4-9(2)8(6)7/h6-8H,3-4H2,1-2H3. The molecule has 10 heavy (non-hydrogen) atoms. The third-order valence-corrected chi connectivity index (χ3v) is 2.92. The number of rotatable bonds is 1. The molecule has 1 heterocycles. The number of ketones is 1. The van der Waals surface area contributed by atoms with Crippen LogP contribution in [-0.2, 0) is 4.79 Å². The lowest BCUT2D eigenvalue weighted by Gasteiger charge is -2.10. The molecule has 2 aliphatic rings. The van der Waals surface area contributed by atoms with Crippen molar-refractivity contribution in [2.45, 2.75) is 19.4 Å². The van der Waals surface area contributed by atoms with Crippen molar-refractivity contribution in [1.82, 2.24) is 4.90 Å². The van der Waals surface area contributed by atoms with Crippen LogP contribution in [0.3, 0.4) is 0 Å². The average Bonchev–Trinajstić information content (AvgIpc) is 2.48. The number of hydrogen-bond acceptors (Lipinski definition) is 2. The van der Waals surface area contributed by atoms with Gasteiger partial charge in [-0.25, -0.2) is 0 Å². The van der Waals surface area contributed by atoms with Gasteiger partial charge in [0.2, 0.25) is 0 Å². The lowest BCUT2D eigenvalue weighted by molar-refractivity contribution is -0.119. The van der Waals surface area contributed by atoms with E-state index < -0.39 is 0 Å². The van der Waals surface area contributed by atoms with Gasteiger partial charge in [-0.3, -0.25) is 4.79 Å². The van der Waals surface area contributed by atoms with Crippen molar-refractivity contribution in [2.24, 2.45) is 11.8 Å². The molecule has 1 saturated carbocycles. The summed E-state index contributed by atoms with van der Waals surface area (Å²) in [6.07, 6.45) is 1.24. The number of carbonyl (C=O) groups excluding carboxylic acids is 1. The Morgan fingerprint density at radius 1 is 1.60 bits per heavy atom. The Morgan fingerprint density at radius 2 is 2.30 bits per heavy atom. The zero-order valence-corrected chi connectivity index (χ0v) is 6.50. The normalized spacial score (nSPS) is 45.2. The first-order chi connectivity index (χ1) is 4.72. The third-order valence-electron chi connectivity index (χ3n) is 2.92. The molecule has 2 heteroatoms. The summed E-state index contributed by atoms with van der Waals surface area (Å²) in [4.78, 5) is 13.3. The fraction of sp³-hybridized carbons (Fsp3) is 0.875. The Bertz CT molecular complexity index is 178. The smallest absolute Gasteiger partial charge is 0.134 e. The van der Waals surface area contributed by atoms with Crippen LogP contribution >= 0.6 is 0 Å². The Balaban J connectivity index is 2.05. The number of fused-ring (bicyclic) bond motifs is 1. The van der Waals surface area contributed by atoms with E-state index in [0.717, 1.165) is 5.92 Å². The van der Waals surface area contributed by atoms with Gasteiger partial charge in [0.25, 0.3) is 0 Å². The molecule has 0 aromatic heterocycles. The number of piperidine rings is 1. The highest BCUT2D eigenvalue weighted by Gasteiger charge is 2.58. The summed E-state index contributed by atoms with van der Waals surface area (Å²) in [5.74, 6) is 1.52. The minimum atomic E-state index is 0.390. The maximum absolute atomic E-state index is 10.9. The van der Waals surface area contributed by atoms with Gasteiger partial charge in [0, 0.05) is 12.0 Å². The molecule has 0 amide bonds. The fourth-order valence-electron chi connectivity index (χ4n) is 2.35. The summed E-state index contributed by atoms with van der Waals surface area (Å²) in [5.41, 5.74) is 0. The van der Waals surface area contributed by atoms with Crippen LogP contribution in [0.2, 0.25) is 0 Å². The molecule has 0 spiro atoms. The van der Waals surface area contributed by atoms with Crippen molar-refractivity contribution >= 4 is 5.78 Å². The molecule has 56 valence electrons. The maximum atomic E-state index is 10.9. The van der Waals surface area contributed by atoms with Crippen LogP contribution in [0.25, 0.3) is 0 Å². The molecule has 1 aliphatic carbocycles. The second kappa shape index (κ2) is 1.82. The van der Waals surface area contributed by atoms with Gasteiger partial charge in [-0.2, -0.15) is 0 Å².